The average molecular weight is 154 g/mol. The van der Waals surface area contributed by atoms with Crippen molar-refractivity contribution >= 4 is 5.97 Å². The summed E-state index contributed by atoms with van der Waals surface area (Å²) in [7, 11) is 0. The van der Waals surface area contributed by atoms with Crippen LogP contribution in [0.2, 0.25) is 0 Å². The Labute approximate surface area is 64.0 Å². The topological polar surface area (TPSA) is 79.1 Å². The minimum Gasteiger partial charge on any atom is -0.481 e. The van der Waals surface area contributed by atoms with Gasteiger partial charge in [-0.1, -0.05) is 0 Å². The zero-order chi connectivity index (χ0) is 8.27. The fourth-order valence-electron chi connectivity index (χ4n) is 0.887. The molecule has 0 aliphatic rings. The van der Waals surface area contributed by atoms with Crippen LogP contribution in [0.3, 0.4) is 0 Å². The van der Waals surface area contributed by atoms with Crippen molar-refractivity contribution in [2.24, 2.45) is 5.73 Å². The van der Waals surface area contributed by atoms with E-state index in [1.54, 1.807) is 12.3 Å². The van der Waals surface area contributed by atoms with Crippen molar-refractivity contribution in [3.05, 3.63) is 23.5 Å². The highest BCUT2D eigenvalue weighted by atomic mass is 16.4. The van der Waals surface area contributed by atoms with Crippen LogP contribution >= 0.6 is 0 Å². The highest BCUT2D eigenvalue weighted by Gasteiger charge is 2.01. The third kappa shape index (κ3) is 2.09. The molecule has 1 rings (SSSR count). The summed E-state index contributed by atoms with van der Waals surface area (Å²) in [5, 5.41) is 8.40. The SMILES string of the molecule is NCc1cc(CC(=O)O)c[nH]1. The summed E-state index contributed by atoms with van der Waals surface area (Å²) in [6.07, 6.45) is 1.72. The number of aromatic amines is 1. The minimum atomic E-state index is -0.826. The molecule has 1 heterocycles. The summed E-state index contributed by atoms with van der Waals surface area (Å²) < 4.78 is 0. The molecule has 60 valence electrons. The van der Waals surface area contributed by atoms with Crippen LogP contribution in [-0.2, 0) is 17.8 Å². The summed E-state index contributed by atoms with van der Waals surface area (Å²) in [5.41, 5.74) is 6.94. The van der Waals surface area contributed by atoms with Gasteiger partial charge in [-0.05, 0) is 11.6 Å². The molecule has 0 saturated carbocycles. The van der Waals surface area contributed by atoms with Gasteiger partial charge < -0.3 is 15.8 Å². The van der Waals surface area contributed by atoms with Gasteiger partial charge in [-0.15, -0.1) is 0 Å². The van der Waals surface area contributed by atoms with Crippen LogP contribution in [0.25, 0.3) is 0 Å². The third-order valence-corrected chi connectivity index (χ3v) is 1.38. The number of H-pyrrole nitrogens is 1. The van der Waals surface area contributed by atoms with Gasteiger partial charge in [-0.3, -0.25) is 4.79 Å². The molecule has 0 aromatic carbocycles. The predicted molar refractivity (Wildman–Crippen MR) is 40.0 cm³/mol. The van der Waals surface area contributed by atoms with E-state index in [2.05, 4.69) is 4.98 Å². The van der Waals surface area contributed by atoms with Gasteiger partial charge in [0.1, 0.15) is 0 Å². The lowest BCUT2D eigenvalue weighted by Crippen LogP contribution is -1.98. The number of nitrogens with two attached hydrogens (primary N) is 1. The smallest absolute Gasteiger partial charge is 0.307 e. The predicted octanol–water partition coefficient (Wildman–Crippen LogP) is 0.100. The number of hydrogen-bond acceptors (Lipinski definition) is 2. The highest BCUT2D eigenvalue weighted by molar-refractivity contribution is 5.70. The number of nitrogens with one attached hydrogen (secondary N) is 1. The van der Waals surface area contributed by atoms with Crippen LogP contribution in [0.15, 0.2) is 12.3 Å². The number of rotatable bonds is 3. The molecule has 11 heavy (non-hydrogen) atoms. The van der Waals surface area contributed by atoms with Crippen molar-refractivity contribution in [1.82, 2.24) is 4.98 Å². The summed E-state index contributed by atoms with van der Waals surface area (Å²) >= 11 is 0. The summed E-state index contributed by atoms with van der Waals surface area (Å²) in [4.78, 5) is 13.1. The van der Waals surface area contributed by atoms with Gasteiger partial charge in [0.05, 0.1) is 6.42 Å². The fraction of sp³-hybridized carbons (Fsp3) is 0.286. The summed E-state index contributed by atoms with van der Waals surface area (Å²) in [6.45, 7) is 0.416. The number of carbonyl (C=O) groups is 1. The monoisotopic (exact) mass is 154 g/mol. The molecule has 0 bridgehead atoms. The Kier molecular flexibility index (Phi) is 2.28. The van der Waals surface area contributed by atoms with Crippen molar-refractivity contribution < 1.29 is 9.90 Å². The van der Waals surface area contributed by atoms with Crippen LogP contribution in [0.1, 0.15) is 11.3 Å². The maximum Gasteiger partial charge on any atom is 0.307 e. The highest BCUT2D eigenvalue weighted by Crippen LogP contribution is 2.02. The Hall–Kier alpha value is -1.29. The Morgan fingerprint density at radius 2 is 2.45 bits per heavy atom. The molecule has 4 heteroatoms. The second kappa shape index (κ2) is 3.21. The zero-order valence-corrected chi connectivity index (χ0v) is 6.00. The molecule has 0 amide bonds. The number of aliphatic carboxylic acids is 1. The molecule has 0 aliphatic carbocycles. The molecule has 0 unspecified atom stereocenters. The van der Waals surface area contributed by atoms with Gasteiger partial charge in [0.2, 0.25) is 0 Å². The lowest BCUT2D eigenvalue weighted by Gasteiger charge is -1.87. The van der Waals surface area contributed by atoms with E-state index in [1.165, 1.54) is 0 Å². The summed E-state index contributed by atoms with van der Waals surface area (Å²) in [5.74, 6) is -0.826. The third-order valence-electron chi connectivity index (χ3n) is 1.38. The molecule has 0 saturated heterocycles. The Morgan fingerprint density at radius 1 is 1.73 bits per heavy atom. The first-order valence-corrected chi connectivity index (χ1v) is 3.30. The molecule has 0 aliphatic heterocycles. The van der Waals surface area contributed by atoms with Gasteiger partial charge in [-0.25, -0.2) is 0 Å². The maximum absolute atomic E-state index is 10.2. The van der Waals surface area contributed by atoms with Gasteiger partial charge in [0.15, 0.2) is 0 Å². The molecule has 1 aromatic rings. The van der Waals surface area contributed by atoms with Crippen molar-refractivity contribution in [2.45, 2.75) is 13.0 Å². The molecule has 0 spiro atoms. The van der Waals surface area contributed by atoms with Gasteiger partial charge in [-0.2, -0.15) is 0 Å². The fourth-order valence-corrected chi connectivity index (χ4v) is 0.887. The van der Waals surface area contributed by atoms with Crippen LogP contribution in [0.5, 0.6) is 0 Å². The number of aromatic nitrogens is 1. The van der Waals surface area contributed by atoms with E-state index in [0.29, 0.717) is 6.54 Å². The van der Waals surface area contributed by atoms with Crippen molar-refractivity contribution in [1.29, 1.82) is 0 Å². The lowest BCUT2D eigenvalue weighted by atomic mass is 10.2. The lowest BCUT2D eigenvalue weighted by molar-refractivity contribution is -0.136. The average Bonchev–Trinajstić information content (AvgIpc) is 2.34. The van der Waals surface area contributed by atoms with Gasteiger partial charge in [0.25, 0.3) is 0 Å². The largest absolute Gasteiger partial charge is 0.481 e. The summed E-state index contributed by atoms with van der Waals surface area (Å²) in [6, 6.07) is 1.76. The first-order chi connectivity index (χ1) is 5.22. The van der Waals surface area contributed by atoms with Crippen LogP contribution in [0.4, 0.5) is 0 Å². The van der Waals surface area contributed by atoms with Gasteiger partial charge >= 0.3 is 5.97 Å². The number of carboxylic acids is 1. The van der Waals surface area contributed by atoms with Crippen molar-refractivity contribution in [3.63, 3.8) is 0 Å². The van der Waals surface area contributed by atoms with Crippen molar-refractivity contribution in [3.8, 4) is 0 Å². The van der Waals surface area contributed by atoms with Crippen LogP contribution in [0, 0.1) is 0 Å². The standard InChI is InChI=1S/C7H10N2O2/c8-3-6-1-5(4-9-6)2-7(10)11/h1,4,9H,2-3,8H2,(H,10,11). The van der Waals surface area contributed by atoms with Crippen molar-refractivity contribution in [2.75, 3.05) is 0 Å². The molecule has 4 N–H and O–H groups in total. The van der Waals surface area contributed by atoms with E-state index in [4.69, 9.17) is 10.8 Å². The molecule has 0 fully saturated rings. The Balaban J connectivity index is 2.65. The Bertz CT molecular complexity index is 255. The van der Waals surface area contributed by atoms with E-state index in [0.717, 1.165) is 11.3 Å². The quantitative estimate of drug-likeness (QED) is 0.577. The second-order valence-electron chi connectivity index (χ2n) is 2.31. The molecule has 4 nitrogen and oxygen atoms in total. The first kappa shape index (κ1) is 7.81. The first-order valence-electron chi connectivity index (χ1n) is 3.30. The molecule has 0 atom stereocenters. The van der Waals surface area contributed by atoms with Gasteiger partial charge in [0, 0.05) is 18.4 Å². The number of hydrogen-bond donors (Lipinski definition) is 3. The van der Waals surface area contributed by atoms with E-state index in [1.807, 2.05) is 0 Å². The van der Waals surface area contributed by atoms with E-state index >= 15 is 0 Å². The molecular formula is C7H10N2O2. The normalized spacial score (nSPS) is 9.91. The van der Waals surface area contributed by atoms with E-state index in [9.17, 15) is 4.79 Å². The number of carboxylic acid groups (broad SMARTS) is 1. The minimum absolute atomic E-state index is 0.0521. The van der Waals surface area contributed by atoms with Crippen LogP contribution in [-0.4, -0.2) is 16.1 Å². The van der Waals surface area contributed by atoms with E-state index in [-0.39, 0.29) is 6.42 Å². The maximum atomic E-state index is 10.2. The Morgan fingerprint density at radius 3 is 2.91 bits per heavy atom. The van der Waals surface area contributed by atoms with Crippen LogP contribution < -0.4 is 5.73 Å². The molecular weight excluding hydrogens is 144 g/mol. The molecule has 1 aromatic heterocycles. The van der Waals surface area contributed by atoms with E-state index < -0.39 is 5.97 Å². The second-order valence-corrected chi connectivity index (χ2v) is 2.31. The zero-order valence-electron chi connectivity index (χ0n) is 6.00. The molecule has 0 radical (unpaired) electrons.